The van der Waals surface area contributed by atoms with Crippen LogP contribution in [0.4, 0.5) is 10.1 Å². The molecule has 1 aromatic heterocycles. The zero-order valence-electron chi connectivity index (χ0n) is 24.5. The molecule has 5 nitrogen and oxygen atoms in total. The van der Waals surface area contributed by atoms with Crippen LogP contribution in [0, 0.1) is 11.8 Å². The molecule has 3 aromatic rings. The number of esters is 1. The maximum absolute atomic E-state index is 14.5. The summed E-state index contributed by atoms with van der Waals surface area (Å²) in [7, 11) is 1.47. The lowest BCUT2D eigenvalue weighted by Gasteiger charge is -2.47. The number of benzene rings is 2. The van der Waals surface area contributed by atoms with Gasteiger partial charge in [0.15, 0.2) is 0 Å². The van der Waals surface area contributed by atoms with Crippen molar-refractivity contribution in [3.05, 3.63) is 88.2 Å². The number of fused-ring (bicyclic) bond motifs is 3. The molecule has 42 heavy (non-hydrogen) atoms. The summed E-state index contributed by atoms with van der Waals surface area (Å²) in [5.74, 6) is 1.31. The predicted octanol–water partition coefficient (Wildman–Crippen LogP) is 8.20. The van der Waals surface area contributed by atoms with Gasteiger partial charge in [-0.15, -0.1) is 0 Å². The molecule has 7 heteroatoms. The molecule has 1 saturated carbocycles. The van der Waals surface area contributed by atoms with Crippen molar-refractivity contribution in [1.29, 1.82) is 0 Å². The molecule has 0 saturated heterocycles. The zero-order valence-corrected chi connectivity index (χ0v) is 25.3. The van der Waals surface area contributed by atoms with Gasteiger partial charge in [0.1, 0.15) is 17.5 Å². The number of rotatable bonds is 8. The van der Waals surface area contributed by atoms with Crippen LogP contribution >= 0.6 is 11.6 Å². The summed E-state index contributed by atoms with van der Waals surface area (Å²) < 4.78 is 26.2. The number of halogens is 2. The highest BCUT2D eigenvalue weighted by atomic mass is 35.5. The van der Waals surface area contributed by atoms with Crippen LogP contribution in [0.2, 0.25) is 5.02 Å². The van der Waals surface area contributed by atoms with E-state index in [9.17, 15) is 9.18 Å². The summed E-state index contributed by atoms with van der Waals surface area (Å²) in [5.41, 5.74) is 4.37. The molecule has 0 bridgehead atoms. The van der Waals surface area contributed by atoms with Gasteiger partial charge in [-0.3, -0.25) is 4.98 Å². The summed E-state index contributed by atoms with van der Waals surface area (Å²) in [6.07, 6.45) is 8.04. The van der Waals surface area contributed by atoms with E-state index in [1.54, 1.807) is 6.20 Å². The number of hydrogen-bond donors (Lipinski definition) is 1. The van der Waals surface area contributed by atoms with E-state index in [-0.39, 0.29) is 11.4 Å². The number of alkyl halides is 1. The predicted molar refractivity (Wildman–Crippen MR) is 164 cm³/mol. The van der Waals surface area contributed by atoms with E-state index in [0.29, 0.717) is 48.4 Å². The molecule has 1 spiro atoms. The first-order valence-electron chi connectivity index (χ1n) is 15.3. The van der Waals surface area contributed by atoms with Gasteiger partial charge in [0.2, 0.25) is 0 Å². The molecule has 1 unspecified atom stereocenters. The molecule has 0 radical (unpaired) electrons. The molecular weight excluding hydrogens is 551 g/mol. The van der Waals surface area contributed by atoms with Crippen molar-refractivity contribution in [3.8, 4) is 5.75 Å². The number of hydrogen-bond acceptors (Lipinski definition) is 5. The first kappa shape index (κ1) is 29.0. The molecule has 3 aliphatic carbocycles. The van der Waals surface area contributed by atoms with Crippen LogP contribution in [0.15, 0.2) is 60.8 Å². The Hall–Kier alpha value is -3.12. The van der Waals surface area contributed by atoms with Gasteiger partial charge in [-0.05, 0) is 110 Å². The van der Waals surface area contributed by atoms with Gasteiger partial charge >= 0.3 is 5.97 Å². The Morgan fingerprint density at radius 1 is 1.14 bits per heavy atom. The summed E-state index contributed by atoms with van der Waals surface area (Å²) in [6.45, 7) is 2.84. The number of ether oxygens (including phenoxy) is 2. The van der Waals surface area contributed by atoms with Crippen molar-refractivity contribution in [2.75, 3.05) is 19.0 Å². The Kier molecular flexibility index (Phi) is 8.19. The first-order chi connectivity index (χ1) is 20.3. The van der Waals surface area contributed by atoms with Gasteiger partial charge in [-0.25, -0.2) is 9.18 Å². The third-order valence-electron chi connectivity index (χ3n) is 10.0. The third-order valence-corrected chi connectivity index (χ3v) is 10.3. The third kappa shape index (κ3) is 5.39. The number of pyridine rings is 1. The minimum Gasteiger partial charge on any atom is -0.493 e. The largest absolute Gasteiger partial charge is 0.493 e. The van der Waals surface area contributed by atoms with Crippen molar-refractivity contribution in [1.82, 2.24) is 4.98 Å². The number of anilines is 1. The van der Waals surface area contributed by atoms with Crippen LogP contribution in [-0.2, 0) is 27.8 Å². The number of aromatic nitrogens is 1. The molecule has 6 rings (SSSR count). The molecular formula is C35H40ClFN2O3. The maximum atomic E-state index is 14.5. The highest BCUT2D eigenvalue weighted by molar-refractivity contribution is 6.30. The molecule has 3 aliphatic rings. The van der Waals surface area contributed by atoms with Gasteiger partial charge < -0.3 is 14.8 Å². The molecule has 1 N–H and O–H groups in total. The molecule has 0 amide bonds. The van der Waals surface area contributed by atoms with Crippen molar-refractivity contribution in [3.63, 3.8) is 0 Å². The summed E-state index contributed by atoms with van der Waals surface area (Å²) in [4.78, 5) is 17.6. The Morgan fingerprint density at radius 2 is 1.95 bits per heavy atom. The van der Waals surface area contributed by atoms with E-state index in [0.717, 1.165) is 55.5 Å². The van der Waals surface area contributed by atoms with E-state index in [4.69, 9.17) is 21.1 Å². The normalized spacial score (nSPS) is 27.1. The highest BCUT2D eigenvalue weighted by Gasteiger charge is 2.54. The molecule has 3 atom stereocenters. The Morgan fingerprint density at radius 3 is 2.74 bits per heavy atom. The average Bonchev–Trinajstić information content (AvgIpc) is 3.29. The van der Waals surface area contributed by atoms with Crippen molar-refractivity contribution in [2.24, 2.45) is 11.8 Å². The Bertz CT molecular complexity index is 1440. The topological polar surface area (TPSA) is 60.5 Å². The van der Waals surface area contributed by atoms with Gasteiger partial charge in [-0.1, -0.05) is 48.9 Å². The van der Waals surface area contributed by atoms with Crippen molar-refractivity contribution in [2.45, 2.75) is 81.8 Å². The number of nitrogens with zero attached hydrogens (tertiary/aromatic N) is 1. The Labute approximate surface area is 253 Å². The van der Waals surface area contributed by atoms with Crippen LogP contribution in [-0.4, -0.2) is 30.2 Å². The minimum atomic E-state index is -0.997. The van der Waals surface area contributed by atoms with Gasteiger partial charge in [0.25, 0.3) is 0 Å². The van der Waals surface area contributed by atoms with Gasteiger partial charge in [0, 0.05) is 22.5 Å². The lowest BCUT2D eigenvalue weighted by Crippen LogP contribution is -2.53. The maximum Gasteiger partial charge on any atom is 0.331 e. The van der Waals surface area contributed by atoms with Gasteiger partial charge in [-0.2, -0.15) is 0 Å². The quantitative estimate of drug-likeness (QED) is 0.268. The molecule has 1 fully saturated rings. The van der Waals surface area contributed by atoms with Crippen molar-refractivity contribution < 1.29 is 18.7 Å². The summed E-state index contributed by atoms with van der Waals surface area (Å²) >= 11 is 6.26. The monoisotopic (exact) mass is 590 g/mol. The lowest BCUT2D eigenvalue weighted by molar-refractivity contribution is -0.148. The van der Waals surface area contributed by atoms with Crippen LogP contribution in [0.5, 0.6) is 5.75 Å². The molecule has 2 aromatic carbocycles. The van der Waals surface area contributed by atoms with E-state index in [2.05, 4.69) is 41.5 Å². The molecule has 0 aliphatic heterocycles. The number of carbonyl (C=O) groups is 1. The van der Waals surface area contributed by atoms with E-state index >= 15 is 0 Å². The van der Waals surface area contributed by atoms with Crippen LogP contribution in [0.3, 0.4) is 0 Å². The van der Waals surface area contributed by atoms with E-state index < -0.39 is 11.7 Å². The van der Waals surface area contributed by atoms with E-state index in [1.165, 1.54) is 18.2 Å². The molecule has 1 heterocycles. The van der Waals surface area contributed by atoms with Crippen LogP contribution < -0.4 is 10.1 Å². The Balaban J connectivity index is 1.20. The fraction of sp³-hybridized carbons (Fsp3) is 0.486. The number of methoxy groups -OCH3 is 1. The number of carbonyl (C=O) groups excluding carboxylic acids is 1. The SMILES string of the molecule is COC(=O)C1(Nc2cccc(Cl)c2)CCC2(CC1)c1ccccc1CC2C[C@@H](C)COc1ccnc2c1CCC[C@@H]2F. The second kappa shape index (κ2) is 11.9. The summed E-state index contributed by atoms with van der Waals surface area (Å²) in [6, 6.07) is 18.3. The number of nitrogens with one attached hydrogen (secondary N) is 1. The van der Waals surface area contributed by atoms with Crippen LogP contribution in [0.25, 0.3) is 0 Å². The van der Waals surface area contributed by atoms with Crippen LogP contribution in [0.1, 0.15) is 80.4 Å². The fourth-order valence-corrected chi connectivity index (χ4v) is 8.11. The zero-order chi connectivity index (χ0) is 29.3. The first-order valence-corrected chi connectivity index (χ1v) is 15.7. The smallest absolute Gasteiger partial charge is 0.331 e. The second-order valence-electron chi connectivity index (χ2n) is 12.6. The van der Waals surface area contributed by atoms with E-state index in [1.807, 2.05) is 30.3 Å². The summed E-state index contributed by atoms with van der Waals surface area (Å²) in [5, 5.41) is 4.16. The van der Waals surface area contributed by atoms with Gasteiger partial charge in [0.05, 0.1) is 19.4 Å². The second-order valence-corrected chi connectivity index (χ2v) is 13.0. The lowest BCUT2D eigenvalue weighted by atomic mass is 9.59. The molecule has 222 valence electrons. The highest BCUT2D eigenvalue weighted by Crippen LogP contribution is 2.56. The fourth-order valence-electron chi connectivity index (χ4n) is 7.92. The minimum absolute atomic E-state index is 0.00430. The van der Waals surface area contributed by atoms with Crippen molar-refractivity contribution >= 4 is 23.3 Å². The average molecular weight is 591 g/mol. The standard InChI is InChI=1S/C35H40ClFN2O3/c1-23(22-42-31-13-18-38-32-28(31)10-6-12-30(32)37)19-25-20-24-7-3-4-11-29(24)34(25)14-16-35(17-15-34,33(40)41-2)39-27-9-5-8-26(36)21-27/h3-5,7-9,11,13,18,21,23,25,30,39H,6,10,12,14-17,19-20,22H2,1-2H3/t23-,25?,30+,34?,35?/m1/s1.